The standard InChI is InChI=1S/C7H6BrFN2O2/c8-5-3(9)1-2-4(6(5)10)13-7(11)12/h1-2H,10H2,(H2,11,12). The predicted octanol–water partition coefficient (Wildman–Crippen LogP) is 1.63. The first kappa shape index (κ1) is 9.79. The van der Waals surface area contributed by atoms with Crippen LogP contribution in [0.5, 0.6) is 5.75 Å². The smallest absolute Gasteiger partial charge is 0.408 e. The number of primary amides is 1. The average Bonchev–Trinajstić information content (AvgIpc) is 2.06. The minimum atomic E-state index is -0.995. The van der Waals surface area contributed by atoms with Crippen molar-refractivity contribution >= 4 is 27.7 Å². The molecule has 1 amide bonds. The molecule has 0 heterocycles. The Kier molecular flexibility index (Phi) is 2.72. The summed E-state index contributed by atoms with van der Waals surface area (Å²) >= 11 is 2.89. The van der Waals surface area contributed by atoms with Crippen molar-refractivity contribution in [1.82, 2.24) is 0 Å². The Labute approximate surface area is 81.8 Å². The van der Waals surface area contributed by atoms with Gasteiger partial charge in [0.15, 0.2) is 5.75 Å². The molecule has 0 bridgehead atoms. The molecule has 0 fully saturated rings. The largest absolute Gasteiger partial charge is 0.410 e. The molecule has 0 radical (unpaired) electrons. The van der Waals surface area contributed by atoms with Gasteiger partial charge in [-0.2, -0.15) is 0 Å². The molecule has 0 saturated carbocycles. The Bertz CT molecular complexity index is 357. The van der Waals surface area contributed by atoms with E-state index in [9.17, 15) is 9.18 Å². The van der Waals surface area contributed by atoms with Gasteiger partial charge < -0.3 is 16.2 Å². The number of rotatable bonds is 1. The quantitative estimate of drug-likeness (QED) is 0.742. The van der Waals surface area contributed by atoms with E-state index < -0.39 is 11.9 Å². The van der Waals surface area contributed by atoms with Gasteiger partial charge in [-0.25, -0.2) is 9.18 Å². The molecule has 0 aliphatic carbocycles. The fourth-order valence-electron chi connectivity index (χ4n) is 0.746. The number of nitrogens with two attached hydrogens (primary N) is 2. The van der Waals surface area contributed by atoms with Crippen LogP contribution in [0.3, 0.4) is 0 Å². The maximum absolute atomic E-state index is 12.8. The molecule has 1 rings (SSSR count). The summed E-state index contributed by atoms with van der Waals surface area (Å²) in [5, 5.41) is 0. The molecule has 4 nitrogen and oxygen atoms in total. The van der Waals surface area contributed by atoms with E-state index >= 15 is 0 Å². The lowest BCUT2D eigenvalue weighted by atomic mass is 10.3. The van der Waals surface area contributed by atoms with E-state index in [0.717, 1.165) is 6.07 Å². The molecule has 0 aliphatic rings. The summed E-state index contributed by atoms with van der Waals surface area (Å²) in [7, 11) is 0. The van der Waals surface area contributed by atoms with Gasteiger partial charge >= 0.3 is 6.09 Å². The van der Waals surface area contributed by atoms with Crippen LogP contribution in [0.1, 0.15) is 0 Å². The van der Waals surface area contributed by atoms with Gasteiger partial charge in [0.2, 0.25) is 0 Å². The number of amides is 1. The SMILES string of the molecule is NC(=O)Oc1ccc(F)c(Br)c1N. The van der Waals surface area contributed by atoms with Crippen LogP contribution in [0.15, 0.2) is 16.6 Å². The zero-order valence-electron chi connectivity index (χ0n) is 6.38. The number of halogens is 2. The molecule has 0 atom stereocenters. The molecule has 4 N–H and O–H groups in total. The van der Waals surface area contributed by atoms with E-state index in [1.165, 1.54) is 6.07 Å². The summed E-state index contributed by atoms with van der Waals surface area (Å²) in [6.07, 6.45) is -0.995. The van der Waals surface area contributed by atoms with E-state index in [4.69, 9.17) is 11.5 Å². The second-order valence-corrected chi connectivity index (χ2v) is 2.99. The molecule has 1 aromatic carbocycles. The van der Waals surface area contributed by atoms with Crippen molar-refractivity contribution in [3.8, 4) is 5.75 Å². The molecular weight excluding hydrogens is 243 g/mol. The highest BCUT2D eigenvalue weighted by atomic mass is 79.9. The molecule has 0 unspecified atom stereocenters. The van der Waals surface area contributed by atoms with E-state index in [-0.39, 0.29) is 15.9 Å². The predicted molar refractivity (Wildman–Crippen MR) is 48.7 cm³/mol. The van der Waals surface area contributed by atoms with Gasteiger partial charge in [-0.05, 0) is 28.1 Å². The van der Waals surface area contributed by atoms with Crippen LogP contribution in [-0.4, -0.2) is 6.09 Å². The number of hydrogen-bond acceptors (Lipinski definition) is 3. The maximum Gasteiger partial charge on any atom is 0.410 e. The third kappa shape index (κ3) is 2.09. The Morgan fingerprint density at radius 2 is 2.15 bits per heavy atom. The number of nitrogen functional groups attached to an aromatic ring is 1. The number of ether oxygens (including phenoxy) is 1. The summed E-state index contributed by atoms with van der Waals surface area (Å²) in [6.45, 7) is 0. The second kappa shape index (κ2) is 3.61. The van der Waals surface area contributed by atoms with Gasteiger partial charge in [-0.1, -0.05) is 0 Å². The average molecular weight is 249 g/mol. The fourth-order valence-corrected chi connectivity index (χ4v) is 1.07. The lowest BCUT2D eigenvalue weighted by molar-refractivity contribution is 0.211. The van der Waals surface area contributed by atoms with Gasteiger partial charge in [-0.3, -0.25) is 0 Å². The van der Waals surface area contributed by atoms with Gasteiger partial charge in [0.1, 0.15) is 5.82 Å². The number of hydrogen-bond donors (Lipinski definition) is 2. The first-order valence-electron chi connectivity index (χ1n) is 3.23. The highest BCUT2D eigenvalue weighted by molar-refractivity contribution is 9.10. The van der Waals surface area contributed by atoms with Crippen LogP contribution in [0.2, 0.25) is 0 Å². The van der Waals surface area contributed by atoms with Crippen molar-refractivity contribution in [2.75, 3.05) is 5.73 Å². The number of carbonyl (C=O) groups is 1. The lowest BCUT2D eigenvalue weighted by Gasteiger charge is -2.06. The minimum Gasteiger partial charge on any atom is -0.408 e. The fraction of sp³-hybridized carbons (Fsp3) is 0. The zero-order chi connectivity index (χ0) is 10.0. The summed E-state index contributed by atoms with van der Waals surface area (Å²) in [5.74, 6) is -0.505. The topological polar surface area (TPSA) is 78.3 Å². The van der Waals surface area contributed by atoms with Crippen molar-refractivity contribution in [2.24, 2.45) is 5.73 Å². The first-order chi connectivity index (χ1) is 6.02. The zero-order valence-corrected chi connectivity index (χ0v) is 7.97. The van der Waals surface area contributed by atoms with Crippen LogP contribution in [0.25, 0.3) is 0 Å². The molecule has 13 heavy (non-hydrogen) atoms. The molecule has 0 spiro atoms. The van der Waals surface area contributed by atoms with Crippen molar-refractivity contribution in [2.45, 2.75) is 0 Å². The van der Waals surface area contributed by atoms with E-state index in [1.54, 1.807) is 0 Å². The summed E-state index contributed by atoms with van der Waals surface area (Å²) in [6, 6.07) is 2.33. The Hall–Kier alpha value is -1.30. The second-order valence-electron chi connectivity index (χ2n) is 2.19. The van der Waals surface area contributed by atoms with Crippen molar-refractivity contribution in [3.63, 3.8) is 0 Å². The molecule has 1 aromatic rings. The van der Waals surface area contributed by atoms with Crippen molar-refractivity contribution in [1.29, 1.82) is 0 Å². The molecule has 0 aromatic heterocycles. The van der Waals surface area contributed by atoms with Gasteiger partial charge in [0.25, 0.3) is 0 Å². The third-order valence-corrected chi connectivity index (χ3v) is 2.11. The van der Waals surface area contributed by atoms with Crippen LogP contribution < -0.4 is 16.2 Å². The molecule has 6 heteroatoms. The van der Waals surface area contributed by atoms with Gasteiger partial charge in [0, 0.05) is 0 Å². The highest BCUT2D eigenvalue weighted by Gasteiger charge is 2.10. The molecule has 0 saturated heterocycles. The van der Waals surface area contributed by atoms with Crippen LogP contribution >= 0.6 is 15.9 Å². The summed E-state index contributed by atoms with van der Waals surface area (Å²) in [5.41, 5.74) is 10.2. The molecule has 70 valence electrons. The normalized spacial score (nSPS) is 9.69. The van der Waals surface area contributed by atoms with Crippen LogP contribution in [0.4, 0.5) is 14.9 Å². The lowest BCUT2D eigenvalue weighted by Crippen LogP contribution is -2.17. The summed E-state index contributed by atoms with van der Waals surface area (Å²) in [4.78, 5) is 10.4. The monoisotopic (exact) mass is 248 g/mol. The maximum atomic E-state index is 12.8. The van der Waals surface area contributed by atoms with Crippen LogP contribution in [0, 0.1) is 5.82 Å². The first-order valence-corrected chi connectivity index (χ1v) is 4.02. The molecule has 0 aliphatic heterocycles. The van der Waals surface area contributed by atoms with E-state index in [2.05, 4.69) is 20.7 Å². The number of carbonyl (C=O) groups excluding carboxylic acids is 1. The third-order valence-electron chi connectivity index (χ3n) is 1.30. The Morgan fingerprint density at radius 3 is 2.69 bits per heavy atom. The van der Waals surface area contributed by atoms with Crippen LogP contribution in [-0.2, 0) is 0 Å². The molecular formula is C7H6BrFN2O2. The Morgan fingerprint density at radius 1 is 1.54 bits per heavy atom. The number of anilines is 1. The van der Waals surface area contributed by atoms with Crippen molar-refractivity contribution in [3.05, 3.63) is 22.4 Å². The minimum absolute atomic E-state index is 0.00111. The number of benzene rings is 1. The van der Waals surface area contributed by atoms with Gasteiger partial charge in [-0.15, -0.1) is 0 Å². The van der Waals surface area contributed by atoms with E-state index in [0.29, 0.717) is 0 Å². The van der Waals surface area contributed by atoms with E-state index in [1.807, 2.05) is 0 Å². The summed E-state index contributed by atoms with van der Waals surface area (Å²) < 4.78 is 17.3. The van der Waals surface area contributed by atoms with Crippen molar-refractivity contribution < 1.29 is 13.9 Å². The Balaban J connectivity index is 3.10. The highest BCUT2D eigenvalue weighted by Crippen LogP contribution is 2.31. The van der Waals surface area contributed by atoms with Gasteiger partial charge in [0.05, 0.1) is 10.2 Å².